The molecule has 0 radical (unpaired) electrons. The number of aromatic nitrogens is 4. The number of alkyl halides is 1. The van der Waals surface area contributed by atoms with Gasteiger partial charge in [0.15, 0.2) is 20.8 Å². The van der Waals surface area contributed by atoms with Crippen LogP contribution in [0.4, 0.5) is 13.9 Å². The highest BCUT2D eigenvalue weighted by Crippen LogP contribution is 2.41. The summed E-state index contributed by atoms with van der Waals surface area (Å²) in [5.74, 6) is -2.19. The van der Waals surface area contributed by atoms with Gasteiger partial charge in [0.1, 0.15) is 21.4 Å². The van der Waals surface area contributed by atoms with Gasteiger partial charge in [0.05, 0.1) is 28.3 Å². The first kappa shape index (κ1) is 20.2. The number of benzene rings is 1. The number of sulfone groups is 1. The molecule has 4 aromatic rings. The van der Waals surface area contributed by atoms with Crippen LogP contribution in [0.5, 0.6) is 0 Å². The zero-order chi connectivity index (χ0) is 22.1. The first-order valence-electron chi connectivity index (χ1n) is 8.92. The number of amides is 1. The lowest BCUT2D eigenvalue weighted by Crippen LogP contribution is -2.14. The number of fused-ring (bicyclic) bond motifs is 2. The summed E-state index contributed by atoms with van der Waals surface area (Å²) < 4.78 is 52.2. The van der Waals surface area contributed by atoms with Crippen LogP contribution in [0.3, 0.4) is 0 Å². The van der Waals surface area contributed by atoms with E-state index in [2.05, 4.69) is 25.5 Å². The van der Waals surface area contributed by atoms with E-state index in [1.807, 2.05) is 0 Å². The summed E-state index contributed by atoms with van der Waals surface area (Å²) >= 11 is 7.30. The summed E-state index contributed by atoms with van der Waals surface area (Å²) in [6.45, 7) is 0. The maximum absolute atomic E-state index is 15.0. The zero-order valence-electron chi connectivity index (χ0n) is 15.6. The number of hydrogen-bond donors (Lipinski definition) is 2. The minimum Gasteiger partial charge on any atom is -0.302 e. The molecule has 1 aliphatic carbocycles. The number of aromatic amines is 1. The second-order valence-electron chi connectivity index (χ2n) is 7.15. The van der Waals surface area contributed by atoms with E-state index in [-0.39, 0.29) is 28.3 Å². The van der Waals surface area contributed by atoms with Gasteiger partial charge in [0.25, 0.3) is 0 Å². The van der Waals surface area contributed by atoms with Gasteiger partial charge in [-0.1, -0.05) is 22.9 Å². The van der Waals surface area contributed by atoms with Crippen LogP contribution >= 0.6 is 22.9 Å². The van der Waals surface area contributed by atoms with Crippen LogP contribution in [0.25, 0.3) is 32.5 Å². The Morgan fingerprint density at radius 3 is 2.77 bits per heavy atom. The number of hydrogen-bond acceptors (Lipinski definition) is 7. The molecule has 13 heteroatoms. The smallest absolute Gasteiger partial charge is 0.232 e. The topological polar surface area (TPSA) is 118 Å². The number of nitrogens with zero attached hydrogens (tertiary/aromatic N) is 3. The Labute approximate surface area is 182 Å². The van der Waals surface area contributed by atoms with E-state index in [9.17, 15) is 22.0 Å². The molecule has 1 aliphatic rings. The second-order valence-corrected chi connectivity index (χ2v) is 10.5. The third-order valence-electron chi connectivity index (χ3n) is 4.91. The number of halogens is 3. The van der Waals surface area contributed by atoms with E-state index in [1.54, 1.807) is 12.1 Å². The fourth-order valence-electron chi connectivity index (χ4n) is 3.33. The Morgan fingerprint density at radius 2 is 2.10 bits per heavy atom. The van der Waals surface area contributed by atoms with Gasteiger partial charge >= 0.3 is 0 Å². The zero-order valence-corrected chi connectivity index (χ0v) is 18.0. The van der Waals surface area contributed by atoms with Crippen molar-refractivity contribution in [3.05, 3.63) is 29.2 Å². The highest BCUT2D eigenvalue weighted by molar-refractivity contribution is 7.91. The molecular weight excluding hydrogens is 472 g/mol. The van der Waals surface area contributed by atoms with Crippen molar-refractivity contribution in [2.45, 2.75) is 17.5 Å². The molecule has 0 unspecified atom stereocenters. The van der Waals surface area contributed by atoms with Gasteiger partial charge < -0.3 is 5.32 Å². The van der Waals surface area contributed by atoms with Gasteiger partial charge in [0, 0.05) is 17.2 Å². The molecule has 0 saturated heterocycles. The minimum absolute atomic E-state index is 0.0104. The third kappa shape index (κ3) is 3.34. The SMILES string of the molecule is CS(=O)(=O)c1c(F)c(Cl)c(-c2ccc3nc(NC(=O)[C@@H]4C[C@@H]4F)sc3n2)c2cn[nH]c12. The average molecular weight is 484 g/mol. The van der Waals surface area contributed by atoms with Crippen molar-refractivity contribution in [3.8, 4) is 11.3 Å². The van der Waals surface area contributed by atoms with Gasteiger partial charge in [-0.3, -0.25) is 9.89 Å². The molecule has 2 N–H and O–H groups in total. The van der Waals surface area contributed by atoms with Gasteiger partial charge in [-0.2, -0.15) is 5.10 Å². The number of H-pyrrole nitrogens is 1. The Hall–Kier alpha value is -2.70. The van der Waals surface area contributed by atoms with E-state index in [1.165, 1.54) is 6.20 Å². The molecule has 1 saturated carbocycles. The summed E-state index contributed by atoms with van der Waals surface area (Å²) in [6.07, 6.45) is 1.31. The maximum Gasteiger partial charge on any atom is 0.232 e. The number of rotatable bonds is 4. The molecule has 0 bridgehead atoms. The summed E-state index contributed by atoms with van der Waals surface area (Å²) in [7, 11) is -3.93. The van der Waals surface area contributed by atoms with E-state index >= 15 is 0 Å². The van der Waals surface area contributed by atoms with Crippen molar-refractivity contribution in [1.29, 1.82) is 0 Å². The summed E-state index contributed by atoms with van der Waals surface area (Å²) in [6, 6.07) is 3.17. The Kier molecular flexibility index (Phi) is 4.50. The average Bonchev–Trinajstić information content (AvgIpc) is 3.07. The molecule has 1 aromatic carbocycles. The van der Waals surface area contributed by atoms with Crippen LogP contribution in [0.2, 0.25) is 5.02 Å². The summed E-state index contributed by atoms with van der Waals surface area (Å²) in [5, 5.41) is 9.08. The number of thiazole rings is 1. The Bertz CT molecular complexity index is 1500. The number of nitrogens with one attached hydrogen (secondary N) is 2. The molecular formula is C18H12ClF2N5O3S2. The lowest BCUT2D eigenvalue weighted by Gasteiger charge is -2.10. The van der Waals surface area contributed by atoms with Crippen molar-refractivity contribution in [3.63, 3.8) is 0 Å². The minimum atomic E-state index is -3.93. The second kappa shape index (κ2) is 6.90. The maximum atomic E-state index is 15.0. The highest BCUT2D eigenvalue weighted by Gasteiger charge is 2.43. The molecule has 31 heavy (non-hydrogen) atoms. The van der Waals surface area contributed by atoms with Crippen LogP contribution in [-0.2, 0) is 14.6 Å². The Balaban J connectivity index is 1.62. The number of pyridine rings is 1. The largest absolute Gasteiger partial charge is 0.302 e. The molecule has 8 nitrogen and oxygen atoms in total. The highest BCUT2D eigenvalue weighted by atomic mass is 35.5. The fourth-order valence-corrected chi connectivity index (χ4v) is 5.47. The number of anilines is 1. The summed E-state index contributed by atoms with van der Waals surface area (Å²) in [5.41, 5.74) is 0.915. The monoisotopic (exact) mass is 483 g/mol. The van der Waals surface area contributed by atoms with E-state index < -0.39 is 43.6 Å². The third-order valence-corrected chi connectivity index (χ3v) is 7.27. The Morgan fingerprint density at radius 1 is 1.35 bits per heavy atom. The van der Waals surface area contributed by atoms with E-state index in [0.717, 1.165) is 17.6 Å². The lowest BCUT2D eigenvalue weighted by molar-refractivity contribution is -0.117. The molecule has 0 spiro atoms. The van der Waals surface area contributed by atoms with Crippen molar-refractivity contribution < 1.29 is 22.0 Å². The molecule has 2 atom stereocenters. The van der Waals surface area contributed by atoms with Crippen molar-refractivity contribution in [2.75, 3.05) is 11.6 Å². The van der Waals surface area contributed by atoms with Gasteiger partial charge in [-0.25, -0.2) is 27.2 Å². The quantitative estimate of drug-likeness (QED) is 0.456. The van der Waals surface area contributed by atoms with Crippen molar-refractivity contribution in [1.82, 2.24) is 20.2 Å². The van der Waals surface area contributed by atoms with Crippen LogP contribution in [0, 0.1) is 11.7 Å². The van der Waals surface area contributed by atoms with Crippen LogP contribution in [0.15, 0.2) is 23.2 Å². The number of carbonyl (C=O) groups is 1. The van der Waals surface area contributed by atoms with Crippen LogP contribution in [0.1, 0.15) is 6.42 Å². The molecule has 5 rings (SSSR count). The molecule has 3 aromatic heterocycles. The standard InChI is InChI=1S/C18H12ClF2N5O3S2/c1-31(28,29)15-13(21)12(19)11(7-5-22-26-14(7)15)9-2-3-10-17(23-9)30-18(24-10)25-16(27)6-4-8(6)20/h2-3,5-6,8H,4H2,1H3,(H,22,26)(H,24,25,27)/t6-,8+/m1/s1. The fraction of sp³-hybridized carbons (Fsp3) is 0.222. The van der Waals surface area contributed by atoms with Gasteiger partial charge in [-0.05, 0) is 18.6 Å². The summed E-state index contributed by atoms with van der Waals surface area (Å²) in [4.78, 5) is 20.5. The lowest BCUT2D eigenvalue weighted by atomic mass is 10.1. The van der Waals surface area contributed by atoms with E-state index in [4.69, 9.17) is 11.6 Å². The predicted octanol–water partition coefficient (Wildman–Crippen LogP) is 3.73. The molecule has 160 valence electrons. The predicted molar refractivity (Wildman–Crippen MR) is 112 cm³/mol. The normalized spacial score (nSPS) is 18.6. The van der Waals surface area contributed by atoms with Crippen molar-refractivity contribution >= 4 is 65.1 Å². The van der Waals surface area contributed by atoms with Crippen LogP contribution in [-0.4, -0.2) is 46.9 Å². The van der Waals surface area contributed by atoms with Crippen LogP contribution < -0.4 is 5.32 Å². The first-order chi connectivity index (χ1) is 14.6. The molecule has 3 heterocycles. The molecule has 1 fully saturated rings. The number of carbonyl (C=O) groups excluding carboxylic acids is 1. The van der Waals surface area contributed by atoms with Crippen molar-refractivity contribution in [2.24, 2.45) is 5.92 Å². The first-order valence-corrected chi connectivity index (χ1v) is 12.0. The van der Waals surface area contributed by atoms with Gasteiger partial charge in [0.2, 0.25) is 5.91 Å². The van der Waals surface area contributed by atoms with E-state index in [0.29, 0.717) is 15.7 Å². The van der Waals surface area contributed by atoms with Gasteiger partial charge in [-0.15, -0.1) is 0 Å². The molecule has 0 aliphatic heterocycles. The molecule has 1 amide bonds.